The molecule has 0 atom stereocenters. The number of hydrogen-bond acceptors (Lipinski definition) is 1. The maximum Gasteiger partial charge on any atom is 0.118 e. The number of rotatable bonds is 3. The van der Waals surface area contributed by atoms with Crippen molar-refractivity contribution in [3.63, 3.8) is 0 Å². The first-order valence-electron chi connectivity index (χ1n) is 7.34. The summed E-state index contributed by atoms with van der Waals surface area (Å²) in [5, 5.41) is 0.767. The first-order valence-corrected chi connectivity index (χ1v) is 7.72. The van der Waals surface area contributed by atoms with E-state index in [9.17, 15) is 0 Å². The average Bonchev–Trinajstić information content (AvgIpc) is 2.56. The molecule has 0 saturated heterocycles. The summed E-state index contributed by atoms with van der Waals surface area (Å²) >= 11 is 5.99. The Hall–Kier alpha value is -1.99. The van der Waals surface area contributed by atoms with Gasteiger partial charge in [0.05, 0.1) is 7.11 Å². The Balaban J connectivity index is 1.98. The third kappa shape index (κ3) is 2.95. The van der Waals surface area contributed by atoms with Crippen LogP contribution in [-0.4, -0.2) is 7.11 Å². The third-order valence-corrected chi connectivity index (χ3v) is 4.26. The molecule has 0 bridgehead atoms. The zero-order valence-electron chi connectivity index (χ0n) is 12.8. The highest BCUT2D eigenvalue weighted by atomic mass is 35.5. The second-order valence-electron chi connectivity index (χ2n) is 5.33. The Kier molecular flexibility index (Phi) is 4.35. The van der Waals surface area contributed by atoms with Crippen LogP contribution in [0.15, 0.2) is 60.2 Å². The van der Waals surface area contributed by atoms with Crippen molar-refractivity contribution in [1.82, 2.24) is 0 Å². The summed E-state index contributed by atoms with van der Waals surface area (Å²) in [6.45, 7) is 2.18. The van der Waals surface area contributed by atoms with Crippen LogP contribution in [0.3, 0.4) is 0 Å². The molecule has 22 heavy (non-hydrogen) atoms. The number of benzene rings is 2. The summed E-state index contributed by atoms with van der Waals surface area (Å²) < 4.78 is 5.23. The Morgan fingerprint density at radius 2 is 1.55 bits per heavy atom. The van der Waals surface area contributed by atoms with E-state index < -0.39 is 0 Å². The second-order valence-corrected chi connectivity index (χ2v) is 5.77. The summed E-state index contributed by atoms with van der Waals surface area (Å²) in [6.07, 6.45) is 5.48. The van der Waals surface area contributed by atoms with Crippen LogP contribution < -0.4 is 4.74 Å². The predicted octanol–water partition coefficient (Wildman–Crippen LogP) is 5.81. The van der Waals surface area contributed by atoms with Crippen LogP contribution in [0, 0.1) is 6.42 Å². The molecule has 0 heterocycles. The Bertz CT molecular complexity index is 721. The molecule has 3 rings (SSSR count). The zero-order valence-corrected chi connectivity index (χ0v) is 13.5. The van der Waals surface area contributed by atoms with E-state index in [0.717, 1.165) is 17.2 Å². The van der Waals surface area contributed by atoms with Crippen LogP contribution >= 0.6 is 11.6 Å². The van der Waals surface area contributed by atoms with E-state index in [0.29, 0.717) is 0 Å². The lowest BCUT2D eigenvalue weighted by molar-refractivity contribution is 0.415. The first-order chi connectivity index (χ1) is 10.7. The van der Waals surface area contributed by atoms with Crippen molar-refractivity contribution in [2.24, 2.45) is 0 Å². The van der Waals surface area contributed by atoms with Crippen molar-refractivity contribution in [2.45, 2.75) is 13.3 Å². The fourth-order valence-electron chi connectivity index (χ4n) is 2.81. The lowest BCUT2D eigenvalue weighted by Gasteiger charge is -2.20. The van der Waals surface area contributed by atoms with E-state index in [1.54, 1.807) is 7.11 Å². The van der Waals surface area contributed by atoms with Gasteiger partial charge in [0.25, 0.3) is 0 Å². The van der Waals surface area contributed by atoms with Gasteiger partial charge in [0.15, 0.2) is 0 Å². The SMILES string of the molecule is COc1ccc(C2=C(C)C(c3ccc(Cl)cc3)=CC[CH]2)cc1. The molecule has 0 amide bonds. The molecule has 0 unspecified atom stereocenters. The zero-order chi connectivity index (χ0) is 15.5. The summed E-state index contributed by atoms with van der Waals surface area (Å²) in [4.78, 5) is 0. The molecular formula is C20H18ClO. The van der Waals surface area contributed by atoms with Gasteiger partial charge in [-0.15, -0.1) is 0 Å². The summed E-state index contributed by atoms with van der Waals surface area (Å²) in [7, 11) is 1.69. The quantitative estimate of drug-likeness (QED) is 0.694. The highest BCUT2D eigenvalue weighted by Crippen LogP contribution is 2.37. The molecule has 2 heteroatoms. The van der Waals surface area contributed by atoms with Gasteiger partial charge in [0.2, 0.25) is 0 Å². The maximum absolute atomic E-state index is 5.99. The summed E-state index contributed by atoms with van der Waals surface area (Å²) in [6, 6.07) is 16.3. The minimum absolute atomic E-state index is 0.767. The molecule has 0 N–H and O–H groups in total. The van der Waals surface area contributed by atoms with E-state index >= 15 is 0 Å². The van der Waals surface area contributed by atoms with Crippen LogP contribution in [0.1, 0.15) is 24.5 Å². The molecule has 0 fully saturated rings. The molecule has 1 nitrogen and oxygen atoms in total. The Morgan fingerprint density at radius 3 is 2.18 bits per heavy atom. The van der Waals surface area contributed by atoms with Crippen molar-refractivity contribution >= 4 is 22.7 Å². The summed E-state index contributed by atoms with van der Waals surface area (Å²) in [5.41, 5.74) is 6.29. The smallest absolute Gasteiger partial charge is 0.118 e. The molecule has 0 saturated carbocycles. The molecule has 1 aliphatic rings. The monoisotopic (exact) mass is 309 g/mol. The lowest BCUT2D eigenvalue weighted by Crippen LogP contribution is -1.99. The van der Waals surface area contributed by atoms with Gasteiger partial charge in [-0.05, 0) is 71.9 Å². The van der Waals surface area contributed by atoms with Gasteiger partial charge in [-0.2, -0.15) is 0 Å². The van der Waals surface area contributed by atoms with Crippen molar-refractivity contribution in [3.8, 4) is 5.75 Å². The van der Waals surface area contributed by atoms with Crippen LogP contribution in [0.25, 0.3) is 11.1 Å². The lowest BCUT2D eigenvalue weighted by atomic mass is 9.85. The molecule has 2 aromatic rings. The average molecular weight is 310 g/mol. The number of hydrogen-bond donors (Lipinski definition) is 0. The van der Waals surface area contributed by atoms with E-state index in [1.807, 2.05) is 24.3 Å². The van der Waals surface area contributed by atoms with Crippen LogP contribution in [0.4, 0.5) is 0 Å². The molecular weight excluding hydrogens is 292 g/mol. The van der Waals surface area contributed by atoms with E-state index in [2.05, 4.69) is 43.7 Å². The highest BCUT2D eigenvalue weighted by molar-refractivity contribution is 6.30. The van der Waals surface area contributed by atoms with Crippen molar-refractivity contribution in [2.75, 3.05) is 7.11 Å². The highest BCUT2D eigenvalue weighted by Gasteiger charge is 2.15. The fourth-order valence-corrected chi connectivity index (χ4v) is 2.94. The normalized spacial score (nSPS) is 14.8. The topological polar surface area (TPSA) is 9.23 Å². The maximum atomic E-state index is 5.99. The largest absolute Gasteiger partial charge is 0.497 e. The standard InChI is InChI=1S/C20H18ClO/c1-14-19(15-6-10-17(21)11-7-15)4-3-5-20(14)16-8-12-18(22-2)13-9-16/h4-13H,3H2,1-2H3. The van der Waals surface area contributed by atoms with E-state index in [4.69, 9.17) is 16.3 Å². The van der Waals surface area contributed by atoms with Gasteiger partial charge in [0.1, 0.15) is 5.75 Å². The van der Waals surface area contributed by atoms with Crippen molar-refractivity contribution < 1.29 is 4.74 Å². The minimum Gasteiger partial charge on any atom is -0.497 e. The Labute approximate surface area is 136 Å². The number of methoxy groups -OCH3 is 1. The van der Waals surface area contributed by atoms with E-state index in [1.165, 1.54) is 27.8 Å². The molecule has 1 aliphatic carbocycles. The van der Waals surface area contributed by atoms with Gasteiger partial charge < -0.3 is 4.74 Å². The Morgan fingerprint density at radius 1 is 0.909 bits per heavy atom. The van der Waals surface area contributed by atoms with Crippen molar-refractivity contribution in [1.29, 1.82) is 0 Å². The van der Waals surface area contributed by atoms with Gasteiger partial charge in [-0.3, -0.25) is 0 Å². The predicted molar refractivity (Wildman–Crippen MR) is 93.9 cm³/mol. The number of allylic oxidation sites excluding steroid dienone is 4. The van der Waals surface area contributed by atoms with Gasteiger partial charge in [-0.1, -0.05) is 41.9 Å². The number of halogens is 1. The molecule has 2 aromatic carbocycles. The minimum atomic E-state index is 0.767. The van der Waals surface area contributed by atoms with E-state index in [-0.39, 0.29) is 0 Å². The number of ether oxygens (including phenoxy) is 1. The molecule has 1 radical (unpaired) electrons. The molecule has 111 valence electrons. The first kappa shape index (κ1) is 14.9. The fraction of sp³-hybridized carbons (Fsp3) is 0.150. The summed E-state index contributed by atoms with van der Waals surface area (Å²) in [5.74, 6) is 0.881. The molecule has 0 aliphatic heterocycles. The molecule has 0 aromatic heterocycles. The van der Waals surface area contributed by atoms with Gasteiger partial charge >= 0.3 is 0 Å². The van der Waals surface area contributed by atoms with Crippen molar-refractivity contribution in [3.05, 3.63) is 82.8 Å². The van der Waals surface area contributed by atoms with Crippen LogP contribution in [0.2, 0.25) is 5.02 Å². The van der Waals surface area contributed by atoms with Crippen LogP contribution in [-0.2, 0) is 0 Å². The van der Waals surface area contributed by atoms with Gasteiger partial charge in [0, 0.05) is 5.02 Å². The van der Waals surface area contributed by atoms with Gasteiger partial charge in [-0.25, -0.2) is 0 Å². The third-order valence-electron chi connectivity index (χ3n) is 4.01. The second kappa shape index (κ2) is 6.41. The molecule has 0 spiro atoms. The van der Waals surface area contributed by atoms with Crippen LogP contribution in [0.5, 0.6) is 5.75 Å².